The molecule has 0 heterocycles. The van der Waals surface area contributed by atoms with Crippen LogP contribution in [0.2, 0.25) is 0 Å². The van der Waals surface area contributed by atoms with Gasteiger partial charge in [-0.25, -0.2) is 0 Å². The van der Waals surface area contributed by atoms with Crippen molar-refractivity contribution in [1.82, 2.24) is 10.9 Å². The summed E-state index contributed by atoms with van der Waals surface area (Å²) in [4.78, 5) is 46.9. The van der Waals surface area contributed by atoms with Gasteiger partial charge in [-0.2, -0.15) is 13.2 Å². The summed E-state index contributed by atoms with van der Waals surface area (Å²) in [5.41, 5.74) is 3.02. The largest absolute Gasteiger partial charge is 0.416 e. The first-order chi connectivity index (χ1) is 16.0. The average Bonchev–Trinajstić information content (AvgIpc) is 2.82. The van der Waals surface area contributed by atoms with E-state index in [-0.39, 0.29) is 28.1 Å². The second-order valence-electron chi connectivity index (χ2n) is 6.83. The molecule has 0 spiro atoms. The van der Waals surface area contributed by atoms with Gasteiger partial charge in [0, 0.05) is 34.5 Å². The maximum absolute atomic E-state index is 12.8. The van der Waals surface area contributed by atoms with Crippen LogP contribution in [0.4, 0.5) is 24.5 Å². The Hall–Kier alpha value is -4.74. The molecule has 0 saturated carbocycles. The maximum atomic E-state index is 12.8. The van der Waals surface area contributed by atoms with Gasteiger partial charge in [0.1, 0.15) is 0 Å². The highest BCUT2D eigenvalue weighted by atomic mass is 19.4. The standard InChI is InChI=1S/C22H15F3N4O5/c23-22(24,25)16-5-1-3-14(11-16)20(31)27-28-21(32)15-4-2-6-17(12-15)26-19(30)13-7-9-18(10-8-13)29(33)34/h1-12H,(H,26,30)(H,27,31)(H,28,32). The van der Waals surface area contributed by atoms with Crippen molar-refractivity contribution in [3.05, 3.63) is 105 Å². The summed E-state index contributed by atoms with van der Waals surface area (Å²) in [5.74, 6) is -2.32. The van der Waals surface area contributed by atoms with E-state index in [0.29, 0.717) is 6.07 Å². The fourth-order valence-electron chi connectivity index (χ4n) is 2.77. The van der Waals surface area contributed by atoms with Gasteiger partial charge >= 0.3 is 6.18 Å². The first-order valence-electron chi connectivity index (χ1n) is 9.48. The van der Waals surface area contributed by atoms with E-state index in [1.165, 1.54) is 48.5 Å². The summed E-state index contributed by atoms with van der Waals surface area (Å²) in [6.45, 7) is 0. The summed E-state index contributed by atoms with van der Waals surface area (Å²) < 4.78 is 38.4. The van der Waals surface area contributed by atoms with Crippen molar-refractivity contribution in [1.29, 1.82) is 0 Å². The number of nitrogens with one attached hydrogen (secondary N) is 3. The van der Waals surface area contributed by atoms with Crippen LogP contribution >= 0.6 is 0 Å². The number of nitrogens with zero attached hydrogens (tertiary/aromatic N) is 1. The number of non-ortho nitro benzene ring substituents is 1. The van der Waals surface area contributed by atoms with Crippen LogP contribution in [-0.4, -0.2) is 22.6 Å². The lowest BCUT2D eigenvalue weighted by atomic mass is 10.1. The molecule has 0 aliphatic heterocycles. The van der Waals surface area contributed by atoms with Crippen LogP contribution in [0.3, 0.4) is 0 Å². The molecule has 0 aliphatic rings. The monoisotopic (exact) mass is 472 g/mol. The van der Waals surface area contributed by atoms with Crippen LogP contribution in [-0.2, 0) is 6.18 Å². The number of benzene rings is 3. The third-order valence-corrected chi connectivity index (χ3v) is 4.46. The smallest absolute Gasteiger partial charge is 0.322 e. The van der Waals surface area contributed by atoms with Crippen LogP contribution in [0.5, 0.6) is 0 Å². The van der Waals surface area contributed by atoms with E-state index in [4.69, 9.17) is 0 Å². The van der Waals surface area contributed by atoms with Crippen molar-refractivity contribution in [2.75, 3.05) is 5.32 Å². The van der Waals surface area contributed by atoms with Gasteiger partial charge in [0.15, 0.2) is 0 Å². The molecule has 0 aliphatic carbocycles. The predicted molar refractivity (Wildman–Crippen MR) is 114 cm³/mol. The number of nitro benzene ring substituents is 1. The third kappa shape index (κ3) is 5.94. The lowest BCUT2D eigenvalue weighted by Gasteiger charge is -2.11. The van der Waals surface area contributed by atoms with Gasteiger partial charge in [-0.1, -0.05) is 12.1 Å². The normalized spacial score (nSPS) is 10.8. The topological polar surface area (TPSA) is 130 Å². The zero-order valence-corrected chi connectivity index (χ0v) is 17.1. The van der Waals surface area contributed by atoms with Crippen molar-refractivity contribution < 1.29 is 32.5 Å². The SMILES string of the molecule is O=C(NNC(=O)c1cccc(C(F)(F)F)c1)c1cccc(NC(=O)c2ccc([N+](=O)[O-])cc2)c1. The minimum Gasteiger partial charge on any atom is -0.322 e. The molecule has 0 atom stereocenters. The fraction of sp³-hybridized carbons (Fsp3) is 0.0455. The minimum absolute atomic E-state index is 0.0332. The maximum Gasteiger partial charge on any atom is 0.416 e. The number of carbonyl (C=O) groups excluding carboxylic acids is 3. The Morgan fingerprint density at radius 2 is 1.29 bits per heavy atom. The van der Waals surface area contributed by atoms with E-state index in [0.717, 1.165) is 18.2 Å². The van der Waals surface area contributed by atoms with E-state index in [2.05, 4.69) is 10.7 Å². The number of rotatable bonds is 5. The fourth-order valence-corrected chi connectivity index (χ4v) is 2.77. The van der Waals surface area contributed by atoms with Crippen molar-refractivity contribution in [2.45, 2.75) is 6.18 Å². The molecule has 0 unspecified atom stereocenters. The van der Waals surface area contributed by atoms with Crippen molar-refractivity contribution in [3.63, 3.8) is 0 Å². The highest BCUT2D eigenvalue weighted by Gasteiger charge is 2.30. The molecule has 0 saturated heterocycles. The molecule has 12 heteroatoms. The van der Waals surface area contributed by atoms with Crippen molar-refractivity contribution in [2.24, 2.45) is 0 Å². The molecule has 0 fully saturated rings. The summed E-state index contributed by atoms with van der Waals surface area (Å²) in [6, 6.07) is 14.2. The third-order valence-electron chi connectivity index (χ3n) is 4.46. The molecular formula is C22H15F3N4O5. The summed E-state index contributed by atoms with van der Waals surface area (Å²) >= 11 is 0. The molecule has 0 aromatic heterocycles. The first-order valence-corrected chi connectivity index (χ1v) is 9.48. The Bertz CT molecular complexity index is 1260. The second-order valence-corrected chi connectivity index (χ2v) is 6.83. The number of amides is 3. The number of hydrazine groups is 1. The van der Waals surface area contributed by atoms with Crippen molar-refractivity contribution in [3.8, 4) is 0 Å². The quantitative estimate of drug-likeness (QED) is 0.383. The van der Waals surface area contributed by atoms with Crippen LogP contribution in [0.25, 0.3) is 0 Å². The van der Waals surface area contributed by atoms with E-state index in [1.807, 2.05) is 5.43 Å². The van der Waals surface area contributed by atoms with Crippen LogP contribution in [0.1, 0.15) is 36.6 Å². The molecule has 3 N–H and O–H groups in total. The van der Waals surface area contributed by atoms with Crippen molar-refractivity contribution >= 4 is 29.1 Å². The number of hydrogen-bond donors (Lipinski definition) is 3. The van der Waals surface area contributed by atoms with Crippen LogP contribution in [0, 0.1) is 10.1 Å². The first kappa shape index (κ1) is 23.9. The number of hydrogen-bond acceptors (Lipinski definition) is 5. The lowest BCUT2D eigenvalue weighted by molar-refractivity contribution is -0.384. The minimum atomic E-state index is -4.63. The molecule has 3 aromatic rings. The summed E-state index contributed by atoms with van der Waals surface area (Å²) in [7, 11) is 0. The predicted octanol–water partition coefficient (Wildman–Crippen LogP) is 3.94. The lowest BCUT2D eigenvalue weighted by Crippen LogP contribution is -2.41. The van der Waals surface area contributed by atoms with Gasteiger partial charge < -0.3 is 5.32 Å². The molecule has 0 bridgehead atoms. The molecule has 174 valence electrons. The molecule has 3 aromatic carbocycles. The molecule has 0 radical (unpaired) electrons. The van der Waals surface area contributed by atoms with Gasteiger partial charge in [0.05, 0.1) is 10.5 Å². The van der Waals surface area contributed by atoms with Gasteiger partial charge in [-0.15, -0.1) is 0 Å². The molecule has 9 nitrogen and oxygen atoms in total. The van der Waals surface area contributed by atoms with Gasteiger partial charge in [0.25, 0.3) is 23.4 Å². The highest BCUT2D eigenvalue weighted by Crippen LogP contribution is 2.29. The van der Waals surface area contributed by atoms with E-state index >= 15 is 0 Å². The second kappa shape index (κ2) is 9.81. The molecular weight excluding hydrogens is 457 g/mol. The molecule has 3 rings (SSSR count). The summed E-state index contributed by atoms with van der Waals surface area (Å²) in [5, 5.41) is 13.2. The van der Waals surface area contributed by atoms with Crippen LogP contribution < -0.4 is 16.2 Å². The number of nitro groups is 1. The van der Waals surface area contributed by atoms with E-state index < -0.39 is 34.4 Å². The van der Waals surface area contributed by atoms with Gasteiger partial charge in [0.2, 0.25) is 0 Å². The Morgan fingerprint density at radius 3 is 1.85 bits per heavy atom. The van der Waals surface area contributed by atoms with E-state index in [9.17, 15) is 37.7 Å². The Balaban J connectivity index is 1.63. The Labute approximate surface area is 189 Å². The molecule has 34 heavy (non-hydrogen) atoms. The zero-order chi connectivity index (χ0) is 24.9. The number of halogens is 3. The Morgan fingerprint density at radius 1 is 0.735 bits per heavy atom. The van der Waals surface area contributed by atoms with Crippen LogP contribution in [0.15, 0.2) is 72.8 Å². The highest BCUT2D eigenvalue weighted by molar-refractivity contribution is 6.05. The average molecular weight is 472 g/mol. The number of alkyl halides is 3. The van der Waals surface area contributed by atoms with Gasteiger partial charge in [-0.3, -0.25) is 35.3 Å². The summed E-state index contributed by atoms with van der Waals surface area (Å²) in [6.07, 6.45) is -4.63. The Kier molecular flexibility index (Phi) is 6.90. The van der Waals surface area contributed by atoms with Gasteiger partial charge in [-0.05, 0) is 48.5 Å². The van der Waals surface area contributed by atoms with E-state index in [1.54, 1.807) is 0 Å². The number of anilines is 1. The number of carbonyl (C=O) groups is 3. The molecule has 3 amide bonds. The zero-order valence-electron chi connectivity index (χ0n) is 17.1.